The van der Waals surface area contributed by atoms with Crippen LogP contribution in [0.1, 0.15) is 16.7 Å². The second kappa shape index (κ2) is 13.7. The fourth-order valence-electron chi connectivity index (χ4n) is 4.95. The molecule has 0 spiro atoms. The van der Waals surface area contributed by atoms with Gasteiger partial charge in [0.2, 0.25) is 5.91 Å². The van der Waals surface area contributed by atoms with E-state index in [1.165, 1.54) is 0 Å². The number of nitrogens with zero attached hydrogens (tertiary/aromatic N) is 2. The third-order valence-electron chi connectivity index (χ3n) is 7.27. The van der Waals surface area contributed by atoms with Gasteiger partial charge in [-0.05, 0) is 60.5 Å². The molecule has 0 radical (unpaired) electrons. The predicted molar refractivity (Wildman–Crippen MR) is 167 cm³/mol. The molecule has 0 saturated carbocycles. The average molecular weight is 593 g/mol. The van der Waals surface area contributed by atoms with Crippen LogP contribution in [-0.2, 0) is 36.1 Å². The molecule has 8 nitrogen and oxygen atoms in total. The van der Waals surface area contributed by atoms with Gasteiger partial charge in [0.05, 0.1) is 11.6 Å². The summed E-state index contributed by atoms with van der Waals surface area (Å²) in [7, 11) is 3.78. The first-order valence-corrected chi connectivity index (χ1v) is 14.6. The van der Waals surface area contributed by atoms with E-state index in [1.807, 2.05) is 89.4 Å². The van der Waals surface area contributed by atoms with Crippen LogP contribution in [0.5, 0.6) is 0 Å². The first-order chi connectivity index (χ1) is 19.7. The summed E-state index contributed by atoms with van der Waals surface area (Å²) in [6.07, 6.45) is 3.12. The lowest BCUT2D eigenvalue weighted by Gasteiger charge is -2.33. The Morgan fingerprint density at radius 2 is 1.78 bits per heavy atom. The summed E-state index contributed by atoms with van der Waals surface area (Å²) >= 11 is 7.95. The Bertz CT molecular complexity index is 1530. The van der Waals surface area contributed by atoms with Crippen LogP contribution in [0.15, 0.2) is 82.7 Å². The lowest BCUT2D eigenvalue weighted by atomic mass is 9.98. The number of likely N-dealkylation sites (N-methyl/N-ethyl adjacent to an activating group) is 1. The molecule has 1 heterocycles. The first-order valence-electron chi connectivity index (χ1n) is 13.4. The fraction of sp³-hybridized carbons (Fsp3) is 0.290. The minimum atomic E-state index is -1.26. The highest BCUT2D eigenvalue weighted by molar-refractivity contribution is 7.99. The largest absolute Gasteiger partial charge is 0.351 e. The number of fused-ring (bicyclic) bond motifs is 1. The van der Waals surface area contributed by atoms with Crippen LogP contribution in [0.4, 0.5) is 0 Å². The van der Waals surface area contributed by atoms with E-state index < -0.39 is 11.6 Å². The number of benzene rings is 3. The molecule has 0 bridgehead atoms. The Kier molecular flexibility index (Phi) is 10.2. The Morgan fingerprint density at radius 1 is 1.07 bits per heavy atom. The molecule has 0 aliphatic rings. The van der Waals surface area contributed by atoms with Crippen molar-refractivity contribution < 1.29 is 9.59 Å². The Morgan fingerprint density at radius 3 is 2.51 bits per heavy atom. The van der Waals surface area contributed by atoms with Gasteiger partial charge in [-0.3, -0.25) is 9.69 Å². The van der Waals surface area contributed by atoms with Crippen molar-refractivity contribution in [2.75, 3.05) is 20.1 Å². The molecule has 7 N–H and O–H groups in total. The van der Waals surface area contributed by atoms with Crippen LogP contribution in [0.25, 0.3) is 10.9 Å². The normalized spacial score (nSPS) is 13.7. The molecule has 0 aliphatic heterocycles. The molecule has 1 amide bonds. The van der Waals surface area contributed by atoms with Crippen molar-refractivity contribution in [1.29, 1.82) is 0 Å². The number of hydrogen-bond acceptors (Lipinski definition) is 7. The standard InChI is InChI=1S/C31H37ClN6O2S/c1-37-17-23(25-8-4-5-9-26(25)37)14-27(38(2)19-31(35,18-34)20-39)30(40)36-16-22-13-24(32)11-12-29(22)41-28-10-6-3-7-21(28)15-33/h3-13,17,20,27H,14-16,18-19,33-35H2,1-2H3,(H,36,40)/t27-,31+/m0/s1. The number of hydrogen-bond donors (Lipinski definition) is 4. The Balaban J connectivity index is 1.60. The number of amides is 1. The molecule has 10 heteroatoms. The monoisotopic (exact) mass is 592 g/mol. The van der Waals surface area contributed by atoms with Gasteiger partial charge in [-0.25, -0.2) is 0 Å². The lowest BCUT2D eigenvalue weighted by molar-refractivity contribution is -0.127. The van der Waals surface area contributed by atoms with E-state index in [2.05, 4.69) is 5.32 Å². The minimum Gasteiger partial charge on any atom is -0.351 e. The van der Waals surface area contributed by atoms with E-state index in [9.17, 15) is 9.59 Å². The van der Waals surface area contributed by atoms with Crippen molar-refractivity contribution >= 4 is 46.5 Å². The summed E-state index contributed by atoms with van der Waals surface area (Å²) in [6.45, 7) is 0.794. The highest BCUT2D eigenvalue weighted by Crippen LogP contribution is 2.34. The number of rotatable bonds is 13. The van der Waals surface area contributed by atoms with Crippen molar-refractivity contribution in [3.05, 3.63) is 94.6 Å². The molecular formula is C31H37ClN6O2S. The molecule has 1 aromatic heterocycles. The number of nitrogens with two attached hydrogens (primary N) is 3. The second-order valence-electron chi connectivity index (χ2n) is 10.4. The van der Waals surface area contributed by atoms with E-state index in [0.717, 1.165) is 37.4 Å². The van der Waals surface area contributed by atoms with Gasteiger partial charge < -0.3 is 31.9 Å². The van der Waals surface area contributed by atoms with Crippen molar-refractivity contribution in [2.45, 2.75) is 40.9 Å². The molecule has 2 atom stereocenters. The van der Waals surface area contributed by atoms with Gasteiger partial charge in [-0.1, -0.05) is 59.8 Å². The maximum Gasteiger partial charge on any atom is 0.237 e. The lowest BCUT2D eigenvalue weighted by Crippen LogP contribution is -2.59. The zero-order chi connectivity index (χ0) is 29.6. The van der Waals surface area contributed by atoms with Crippen molar-refractivity contribution in [3.8, 4) is 0 Å². The van der Waals surface area contributed by atoms with Crippen LogP contribution < -0.4 is 22.5 Å². The molecular weight excluding hydrogens is 556 g/mol. The number of carbonyl (C=O) groups excluding carboxylic acids is 2. The van der Waals surface area contributed by atoms with Gasteiger partial charge in [0.15, 0.2) is 0 Å². The predicted octanol–water partition coefficient (Wildman–Crippen LogP) is 3.46. The zero-order valence-electron chi connectivity index (χ0n) is 23.3. The van der Waals surface area contributed by atoms with Gasteiger partial charge in [-0.15, -0.1) is 0 Å². The first kappa shape index (κ1) is 30.8. The quantitative estimate of drug-likeness (QED) is 0.175. The molecule has 4 rings (SSSR count). The molecule has 4 aromatic rings. The minimum absolute atomic E-state index is 0.0309. The van der Waals surface area contributed by atoms with Crippen LogP contribution in [0.2, 0.25) is 5.02 Å². The SMILES string of the molecule is CN(C[C@@](N)(C=O)CN)[C@@H](Cc1cn(C)c2ccccc12)C(=O)NCc1cc(Cl)ccc1Sc1ccccc1CN. The molecule has 0 unspecified atom stereocenters. The van der Waals surface area contributed by atoms with Crippen LogP contribution in [0, 0.1) is 0 Å². The van der Waals surface area contributed by atoms with Gasteiger partial charge >= 0.3 is 0 Å². The number of aromatic nitrogens is 1. The summed E-state index contributed by atoms with van der Waals surface area (Å²) in [5.41, 5.74) is 20.8. The number of para-hydroxylation sites is 1. The molecule has 41 heavy (non-hydrogen) atoms. The van der Waals surface area contributed by atoms with Crippen molar-refractivity contribution in [2.24, 2.45) is 24.2 Å². The summed E-state index contributed by atoms with van der Waals surface area (Å²) in [4.78, 5) is 29.4. The number of aldehydes is 1. The third-order valence-corrected chi connectivity index (χ3v) is 8.75. The van der Waals surface area contributed by atoms with E-state index >= 15 is 0 Å². The third kappa shape index (κ3) is 7.37. The van der Waals surface area contributed by atoms with Crippen LogP contribution >= 0.6 is 23.4 Å². The van der Waals surface area contributed by atoms with Crippen LogP contribution in [0.3, 0.4) is 0 Å². The van der Waals surface area contributed by atoms with Crippen molar-refractivity contribution in [3.63, 3.8) is 0 Å². The van der Waals surface area contributed by atoms with Gasteiger partial charge in [0.1, 0.15) is 6.29 Å². The maximum absolute atomic E-state index is 13.8. The maximum atomic E-state index is 13.8. The fourth-order valence-corrected chi connectivity index (χ4v) is 6.21. The highest BCUT2D eigenvalue weighted by Gasteiger charge is 2.32. The smallest absolute Gasteiger partial charge is 0.237 e. The molecule has 0 fully saturated rings. The number of carbonyl (C=O) groups is 2. The number of halogens is 1. The molecule has 0 aliphatic carbocycles. The van der Waals surface area contributed by atoms with E-state index in [1.54, 1.807) is 18.8 Å². The zero-order valence-corrected chi connectivity index (χ0v) is 24.9. The van der Waals surface area contributed by atoms with Gasteiger partial charge in [0, 0.05) is 65.1 Å². The van der Waals surface area contributed by atoms with Crippen molar-refractivity contribution in [1.82, 2.24) is 14.8 Å². The summed E-state index contributed by atoms with van der Waals surface area (Å²) in [6, 6.07) is 21.1. The van der Waals surface area contributed by atoms with E-state index in [0.29, 0.717) is 24.3 Å². The topological polar surface area (TPSA) is 132 Å². The second-order valence-corrected chi connectivity index (χ2v) is 11.9. The molecule has 216 valence electrons. The van der Waals surface area contributed by atoms with E-state index in [4.69, 9.17) is 28.8 Å². The average Bonchev–Trinajstić information content (AvgIpc) is 3.30. The number of aryl methyl sites for hydroxylation is 1. The van der Waals surface area contributed by atoms with Gasteiger partial charge in [0.25, 0.3) is 0 Å². The van der Waals surface area contributed by atoms with Gasteiger partial charge in [-0.2, -0.15) is 0 Å². The summed E-state index contributed by atoms with van der Waals surface area (Å²) in [5, 5.41) is 4.77. The highest BCUT2D eigenvalue weighted by atomic mass is 35.5. The Hall–Kier alpha value is -3.18. The summed E-state index contributed by atoms with van der Waals surface area (Å²) in [5.74, 6) is -0.191. The summed E-state index contributed by atoms with van der Waals surface area (Å²) < 4.78 is 2.05. The van der Waals surface area contributed by atoms with E-state index in [-0.39, 0.29) is 25.5 Å². The number of nitrogens with one attached hydrogen (secondary N) is 1. The Labute approximate surface area is 250 Å². The molecule has 3 aromatic carbocycles. The van der Waals surface area contributed by atoms with Crippen LogP contribution in [-0.4, -0.2) is 53.4 Å². The molecule has 0 saturated heterocycles.